The number of amides is 4. The number of allylic oxidation sites excluding steroid dienone is 1. The summed E-state index contributed by atoms with van der Waals surface area (Å²) in [6.45, 7) is 11.6. The van der Waals surface area contributed by atoms with E-state index < -0.39 is 58.8 Å². The van der Waals surface area contributed by atoms with E-state index >= 15 is 0 Å². The predicted molar refractivity (Wildman–Crippen MR) is 315 cm³/mol. The molecule has 0 radical (unpaired) electrons. The van der Waals surface area contributed by atoms with Gasteiger partial charge in [-0.05, 0) is 140 Å². The lowest BCUT2D eigenvalue weighted by Gasteiger charge is -2.41. The molecule has 2 unspecified atom stereocenters. The number of halogens is 4. The first-order valence-electron chi connectivity index (χ1n) is 27.8. The van der Waals surface area contributed by atoms with E-state index in [9.17, 15) is 44.4 Å². The number of carbonyl (C=O) groups excluding carboxylic acids is 3. The molecule has 22 heteroatoms. The molecule has 2 bridgehead atoms. The Morgan fingerprint density at radius 1 is 0.793 bits per heavy atom. The van der Waals surface area contributed by atoms with Crippen LogP contribution in [0.2, 0.25) is 5.02 Å². The number of imide groups is 1. The molecule has 82 heavy (non-hydrogen) atoms. The molecule has 3 N–H and O–H groups in total. The van der Waals surface area contributed by atoms with Gasteiger partial charge in [-0.1, -0.05) is 73.5 Å². The van der Waals surface area contributed by atoms with Crippen molar-refractivity contribution in [3.63, 3.8) is 0 Å². The smallest absolute Gasteiger partial charge is 0.380 e. The normalized spacial score (nSPS) is 20.7. The van der Waals surface area contributed by atoms with Gasteiger partial charge >= 0.3 is 11.5 Å². The van der Waals surface area contributed by atoms with Gasteiger partial charge in [0, 0.05) is 123 Å². The summed E-state index contributed by atoms with van der Waals surface area (Å²) in [7, 11) is -11.0. The summed E-state index contributed by atoms with van der Waals surface area (Å²) in [6, 6.07) is 33.6. The number of benzene rings is 5. The minimum Gasteiger partial charge on any atom is -0.380 e. The topological polar surface area (TPSA) is 172 Å². The van der Waals surface area contributed by atoms with Crippen LogP contribution in [-0.2, 0) is 31.2 Å². The van der Waals surface area contributed by atoms with Crippen LogP contribution in [0.25, 0.3) is 5.57 Å². The molecule has 436 valence electrons. The van der Waals surface area contributed by atoms with Gasteiger partial charge in [-0.3, -0.25) is 29.6 Å². The van der Waals surface area contributed by atoms with E-state index in [-0.39, 0.29) is 35.4 Å². The van der Waals surface area contributed by atoms with Crippen LogP contribution in [-0.4, -0.2) is 138 Å². The fourth-order valence-electron chi connectivity index (χ4n) is 12.0. The fourth-order valence-corrected chi connectivity index (χ4v) is 15.1. The molecule has 4 saturated heterocycles. The fraction of sp³-hybridized carbons (Fsp3) is 0.417. The lowest BCUT2D eigenvalue weighted by molar-refractivity contribution is -0.120. The number of urea groups is 1. The van der Waals surface area contributed by atoms with Gasteiger partial charge in [-0.25, -0.2) is 26.4 Å². The van der Waals surface area contributed by atoms with Crippen molar-refractivity contribution in [3.05, 3.63) is 149 Å². The molecule has 3 atom stereocenters. The number of thioether (sulfide) groups is 1. The largest absolute Gasteiger partial charge is 0.501 e. The number of hydrogen-bond donors (Lipinski definition) is 3. The Kier molecular flexibility index (Phi) is 17.9. The number of carbonyl (C=O) groups is 3. The summed E-state index contributed by atoms with van der Waals surface area (Å²) in [6.07, 6.45) is 5.74. The number of likely N-dealkylation sites (tertiary alicyclic amines) is 1. The van der Waals surface area contributed by atoms with Crippen LogP contribution in [0.4, 0.5) is 35.0 Å². The Balaban J connectivity index is 0.783. The van der Waals surface area contributed by atoms with Crippen LogP contribution < -0.4 is 25.2 Å². The number of rotatable bonds is 19. The lowest BCUT2D eigenvalue weighted by atomic mass is 9.73. The molecule has 4 amide bonds. The highest BCUT2D eigenvalue weighted by Crippen LogP contribution is 2.43. The SMILES string of the molecule is CC1(C)CCC(c2ccc(Cl)cc2)=C(CN2CCN(c3ccc(C(=O)NS(=O)(=O)c4ccc(N[C@H](CCN5CC6CCC(C5)N6Cc5ccc(N6CCC(=O)NC6=O)cc5)CSc5ccccc5)c(S(=O)(=O)C(F)(F)F)c4)cc3)CC2)C1. The lowest BCUT2D eigenvalue weighted by Crippen LogP contribution is -2.53. The third-order valence-corrected chi connectivity index (χ3v) is 20.7. The van der Waals surface area contributed by atoms with Gasteiger partial charge in [-0.15, -0.1) is 11.8 Å². The number of piperazine rings is 2. The first-order chi connectivity index (χ1) is 39.1. The van der Waals surface area contributed by atoms with Crippen LogP contribution in [0.15, 0.2) is 142 Å². The number of fused-ring (bicyclic) bond motifs is 2. The Morgan fingerprint density at radius 3 is 2.12 bits per heavy atom. The number of nitrogens with zero attached hydrogens (tertiary/aromatic N) is 5. The standard InChI is InChI=1S/C60H68ClF3N8O7S3/c1-59(2)27-24-53(42-10-14-45(61)15-11-42)44(35-59)37-68-30-32-70(33-31-68)47-18-12-43(13-19-47)57(74)67-82(78,79)52-22-23-54(55(34-52)81(76,77)60(62,63)64)65-46(40-80-51-6-4-3-5-7-51)25-28-69-38-49-20-21-50(39-69)72(49)36-41-8-16-48(17-9-41)71-29-26-56(73)66-58(71)75/h3-19,22-23,34,46,49-50,65H,20-21,24-33,35-40H2,1-2H3,(H,67,74)(H,66,73,75)/t46-,49?,50?/m1/s1. The highest BCUT2D eigenvalue weighted by atomic mass is 35.5. The van der Waals surface area contributed by atoms with Crippen molar-refractivity contribution in [3.8, 4) is 0 Å². The van der Waals surface area contributed by atoms with Crippen molar-refractivity contribution < 1.29 is 44.4 Å². The maximum atomic E-state index is 14.5. The van der Waals surface area contributed by atoms with Crippen LogP contribution >= 0.6 is 23.4 Å². The van der Waals surface area contributed by atoms with Gasteiger partial charge in [0.05, 0.1) is 10.6 Å². The van der Waals surface area contributed by atoms with E-state index in [0.717, 1.165) is 106 Å². The average Bonchev–Trinajstić information content (AvgIpc) is 3.54. The Labute approximate surface area is 487 Å². The summed E-state index contributed by atoms with van der Waals surface area (Å²) in [5.41, 5.74) is 0.656. The van der Waals surface area contributed by atoms with E-state index in [1.165, 1.54) is 40.6 Å². The van der Waals surface area contributed by atoms with E-state index in [0.29, 0.717) is 48.6 Å². The minimum absolute atomic E-state index is 0.0148. The number of anilines is 3. The number of nitrogens with one attached hydrogen (secondary N) is 3. The highest BCUT2D eigenvalue weighted by molar-refractivity contribution is 7.99. The molecule has 4 fully saturated rings. The monoisotopic (exact) mass is 1200 g/mol. The van der Waals surface area contributed by atoms with E-state index in [4.69, 9.17) is 11.6 Å². The van der Waals surface area contributed by atoms with Crippen LogP contribution in [0.3, 0.4) is 0 Å². The molecule has 4 heterocycles. The van der Waals surface area contributed by atoms with Gasteiger partial charge < -0.3 is 15.1 Å². The third-order valence-electron chi connectivity index (χ3n) is 16.5. The summed E-state index contributed by atoms with van der Waals surface area (Å²) in [4.78, 5) is 47.4. The van der Waals surface area contributed by atoms with Crippen molar-refractivity contribution in [2.24, 2.45) is 5.41 Å². The second kappa shape index (κ2) is 24.7. The maximum absolute atomic E-state index is 14.5. The van der Waals surface area contributed by atoms with Gasteiger partial charge in [0.15, 0.2) is 0 Å². The third kappa shape index (κ3) is 14.0. The summed E-state index contributed by atoms with van der Waals surface area (Å²) in [5, 5.41) is 6.14. The van der Waals surface area contributed by atoms with Gasteiger partial charge in [0.1, 0.15) is 4.90 Å². The molecule has 4 aliphatic heterocycles. The highest BCUT2D eigenvalue weighted by Gasteiger charge is 2.49. The van der Waals surface area contributed by atoms with Crippen molar-refractivity contribution in [1.82, 2.24) is 24.7 Å². The summed E-state index contributed by atoms with van der Waals surface area (Å²) >= 11 is 7.67. The number of alkyl halides is 3. The molecular formula is C60H68ClF3N8O7S3. The molecule has 5 aromatic rings. The van der Waals surface area contributed by atoms with Crippen molar-refractivity contribution in [2.45, 2.75) is 104 Å². The Hall–Kier alpha value is -5.94. The molecule has 10 rings (SSSR count). The Bertz CT molecular complexity index is 3390. The molecule has 5 aliphatic rings. The molecule has 15 nitrogen and oxygen atoms in total. The number of sulfone groups is 1. The second-order valence-electron chi connectivity index (χ2n) is 22.8. The van der Waals surface area contributed by atoms with Crippen LogP contribution in [0, 0.1) is 5.41 Å². The zero-order valence-corrected chi connectivity index (χ0v) is 49.0. The van der Waals surface area contributed by atoms with Crippen molar-refractivity contribution in [2.75, 3.05) is 79.8 Å². The predicted octanol–water partition coefficient (Wildman–Crippen LogP) is 10.3. The molecule has 1 aliphatic carbocycles. The number of hydrogen-bond acceptors (Lipinski definition) is 13. The minimum atomic E-state index is -6.13. The van der Waals surface area contributed by atoms with E-state index in [2.05, 4.69) is 56.2 Å². The molecule has 5 aromatic carbocycles. The first kappa shape index (κ1) is 59.2. The van der Waals surface area contributed by atoms with Crippen molar-refractivity contribution in [1.29, 1.82) is 0 Å². The molecule has 0 saturated carbocycles. The van der Waals surface area contributed by atoms with Crippen molar-refractivity contribution >= 4 is 83.7 Å². The molecule has 0 aromatic heterocycles. The zero-order chi connectivity index (χ0) is 58.0. The zero-order valence-electron chi connectivity index (χ0n) is 45.8. The van der Waals surface area contributed by atoms with Gasteiger partial charge in [-0.2, -0.15) is 13.2 Å². The molecule has 0 spiro atoms. The molecular weight excluding hydrogens is 1130 g/mol. The second-order valence-corrected chi connectivity index (χ2v) is 27.9. The average molecular weight is 1200 g/mol. The van der Waals surface area contributed by atoms with Gasteiger partial charge in [0.2, 0.25) is 5.91 Å². The van der Waals surface area contributed by atoms with E-state index in [1.807, 2.05) is 71.5 Å². The van der Waals surface area contributed by atoms with Crippen LogP contribution in [0.1, 0.15) is 80.3 Å². The quantitative estimate of drug-likeness (QED) is 0.0668. The Morgan fingerprint density at radius 2 is 1.46 bits per heavy atom. The first-order valence-corrected chi connectivity index (χ1v) is 32.1. The number of sulfonamides is 1. The van der Waals surface area contributed by atoms with Crippen LogP contribution in [0.5, 0.6) is 0 Å². The maximum Gasteiger partial charge on any atom is 0.501 e. The summed E-state index contributed by atoms with van der Waals surface area (Å²) < 4.78 is 100.0. The van der Waals surface area contributed by atoms with E-state index in [1.54, 1.807) is 17.0 Å². The summed E-state index contributed by atoms with van der Waals surface area (Å²) in [5.74, 6) is -0.995. The van der Waals surface area contributed by atoms with Gasteiger partial charge in [0.25, 0.3) is 25.8 Å².